The Labute approximate surface area is 106 Å². The SMILES string of the molecule is NC(N)=NCCC[C@@H](C(=O)O)N(C#P=O)C#P=O. The van der Waals surface area contributed by atoms with E-state index in [-0.39, 0.29) is 18.9 Å². The predicted molar refractivity (Wildman–Crippen MR) is 66.2 cm³/mol. The van der Waals surface area contributed by atoms with Gasteiger partial charge >= 0.3 is 105 Å². The molecule has 0 saturated carbocycles. The zero-order valence-electron chi connectivity index (χ0n) is 9.31. The molecule has 0 aromatic rings. The predicted octanol–water partition coefficient (Wildman–Crippen LogP) is 0.212. The Morgan fingerprint density at radius 3 is 2.28 bits per heavy atom. The van der Waals surface area contributed by atoms with Gasteiger partial charge in [-0.25, -0.2) is 0 Å². The van der Waals surface area contributed by atoms with Crippen molar-refractivity contribution in [1.29, 1.82) is 0 Å². The van der Waals surface area contributed by atoms with Crippen LogP contribution < -0.4 is 11.5 Å². The van der Waals surface area contributed by atoms with E-state index in [1.165, 1.54) is 0 Å². The molecule has 1 atom stereocenters. The monoisotopic (exact) mass is 290 g/mol. The molecule has 0 fully saturated rings. The zero-order chi connectivity index (χ0) is 14.0. The Balaban J connectivity index is 4.71. The van der Waals surface area contributed by atoms with E-state index in [0.717, 1.165) is 4.90 Å². The van der Waals surface area contributed by atoms with Crippen molar-refractivity contribution >= 4 is 27.8 Å². The van der Waals surface area contributed by atoms with E-state index >= 15 is 0 Å². The number of carboxylic acid groups (broad SMARTS) is 1. The van der Waals surface area contributed by atoms with Crippen LogP contribution in [-0.2, 0) is 13.9 Å². The van der Waals surface area contributed by atoms with Crippen LogP contribution in [0.3, 0.4) is 0 Å². The van der Waals surface area contributed by atoms with Crippen molar-refractivity contribution in [3.63, 3.8) is 0 Å². The minimum absolute atomic E-state index is 0.0777. The summed E-state index contributed by atoms with van der Waals surface area (Å²) in [6.07, 6.45) is 0.553. The summed E-state index contributed by atoms with van der Waals surface area (Å²) in [5.74, 6) is 3.11. The van der Waals surface area contributed by atoms with Crippen molar-refractivity contribution in [2.24, 2.45) is 16.5 Å². The molecule has 0 aliphatic carbocycles. The Kier molecular flexibility index (Phi) is 9.03. The summed E-state index contributed by atoms with van der Waals surface area (Å²) < 4.78 is 20.8. The average molecular weight is 290 g/mol. The van der Waals surface area contributed by atoms with Crippen molar-refractivity contribution < 1.29 is 19.0 Å². The molecule has 0 unspecified atom stereocenters. The molecule has 10 heteroatoms. The summed E-state index contributed by atoms with van der Waals surface area (Å²) in [5.41, 5.74) is 10.2. The van der Waals surface area contributed by atoms with Gasteiger partial charge in [0.1, 0.15) is 0 Å². The molecule has 0 aromatic carbocycles. The number of nitrogens with zero attached hydrogens (tertiary/aromatic N) is 2. The first-order valence-corrected chi connectivity index (χ1v) is 6.38. The van der Waals surface area contributed by atoms with Crippen LogP contribution in [0.2, 0.25) is 0 Å². The van der Waals surface area contributed by atoms with Crippen LogP contribution in [0.15, 0.2) is 4.99 Å². The molecule has 98 valence electrons. The van der Waals surface area contributed by atoms with Crippen LogP contribution >= 0.6 is 15.8 Å². The van der Waals surface area contributed by atoms with Crippen LogP contribution in [0.25, 0.3) is 0 Å². The third-order valence-electron chi connectivity index (χ3n) is 1.82. The number of aliphatic carboxylic acids is 1. The van der Waals surface area contributed by atoms with Crippen LogP contribution in [-0.4, -0.2) is 34.5 Å². The number of aliphatic imine (C=N–C) groups is 1. The van der Waals surface area contributed by atoms with Crippen LogP contribution in [0, 0.1) is 11.5 Å². The molecular formula is C8H12N4O4P2. The number of carboxylic acids is 1. The van der Waals surface area contributed by atoms with Gasteiger partial charge in [0.25, 0.3) is 0 Å². The molecule has 18 heavy (non-hydrogen) atoms. The van der Waals surface area contributed by atoms with Gasteiger partial charge in [-0.3, -0.25) is 0 Å². The maximum absolute atomic E-state index is 11.0. The second-order valence-corrected chi connectivity index (χ2v) is 3.82. The first kappa shape index (κ1) is 16.7. The van der Waals surface area contributed by atoms with Gasteiger partial charge < -0.3 is 0 Å². The quantitative estimate of drug-likeness (QED) is 0.209. The first-order chi connectivity index (χ1) is 8.52. The summed E-state index contributed by atoms with van der Waals surface area (Å²) in [6.45, 7) is 0.268. The van der Waals surface area contributed by atoms with E-state index in [1.54, 1.807) is 0 Å². The Morgan fingerprint density at radius 1 is 1.33 bits per heavy atom. The number of rotatable bonds is 6. The Bertz CT molecular complexity index is 491. The second-order valence-electron chi connectivity index (χ2n) is 3.06. The van der Waals surface area contributed by atoms with Crippen molar-refractivity contribution in [2.75, 3.05) is 6.54 Å². The summed E-state index contributed by atoms with van der Waals surface area (Å²) in [6, 6.07) is -1.07. The van der Waals surface area contributed by atoms with Crippen LogP contribution in [0.4, 0.5) is 0 Å². The van der Waals surface area contributed by atoms with Gasteiger partial charge in [0.15, 0.2) is 0 Å². The first-order valence-electron chi connectivity index (χ1n) is 4.76. The van der Waals surface area contributed by atoms with E-state index in [2.05, 4.69) is 16.5 Å². The number of nitrogens with two attached hydrogens (primary N) is 2. The molecule has 0 bridgehead atoms. The summed E-state index contributed by atoms with van der Waals surface area (Å²) in [5, 5.41) is 8.99. The van der Waals surface area contributed by atoms with E-state index < -0.39 is 27.8 Å². The van der Waals surface area contributed by atoms with Gasteiger partial charge in [-0.1, -0.05) is 0 Å². The van der Waals surface area contributed by atoms with Gasteiger partial charge in [-0.2, -0.15) is 0 Å². The fourth-order valence-corrected chi connectivity index (χ4v) is 1.74. The van der Waals surface area contributed by atoms with Crippen LogP contribution in [0.5, 0.6) is 0 Å². The molecule has 0 rings (SSSR count). The average Bonchev–Trinajstić information content (AvgIpc) is 2.28. The minimum atomic E-state index is -1.17. The van der Waals surface area contributed by atoms with Gasteiger partial charge in [-0.05, 0) is 0 Å². The van der Waals surface area contributed by atoms with Gasteiger partial charge in [0.05, 0.1) is 0 Å². The fraction of sp³-hybridized carbons (Fsp3) is 0.500. The van der Waals surface area contributed by atoms with Gasteiger partial charge in [0.2, 0.25) is 0 Å². The van der Waals surface area contributed by atoms with Gasteiger partial charge in [-0.15, -0.1) is 0 Å². The molecule has 0 aliphatic heterocycles. The van der Waals surface area contributed by atoms with E-state index in [9.17, 15) is 13.9 Å². The van der Waals surface area contributed by atoms with Crippen molar-refractivity contribution in [3.8, 4) is 11.5 Å². The standard InChI is InChI=1S/C8H12N4O4P2/c9-8(10)11-3-1-2-6(7(13)14)12(4-17-15)5-18-16/h6H,1-3H2,(H,13,14)(H4,9,10,11)/t6-/m0/s1. The Hall–Kier alpha value is -1.28. The molecular weight excluding hydrogens is 278 g/mol. The fourth-order valence-electron chi connectivity index (χ4n) is 1.11. The third kappa shape index (κ3) is 7.13. The van der Waals surface area contributed by atoms with Crippen molar-refractivity contribution in [1.82, 2.24) is 4.90 Å². The number of guanidine groups is 1. The van der Waals surface area contributed by atoms with E-state index in [4.69, 9.17) is 16.6 Å². The van der Waals surface area contributed by atoms with E-state index in [1.807, 2.05) is 0 Å². The topological polar surface area (TPSA) is 139 Å². The maximum atomic E-state index is 11.0. The molecule has 0 amide bonds. The van der Waals surface area contributed by atoms with Gasteiger partial charge in [0, 0.05) is 0 Å². The van der Waals surface area contributed by atoms with E-state index in [0.29, 0.717) is 6.42 Å². The molecule has 0 spiro atoms. The second kappa shape index (κ2) is 9.72. The molecule has 0 aromatic heterocycles. The summed E-state index contributed by atoms with van der Waals surface area (Å²) in [4.78, 5) is 15.6. The molecule has 0 radical (unpaired) electrons. The van der Waals surface area contributed by atoms with Crippen molar-refractivity contribution in [3.05, 3.63) is 0 Å². The number of carbonyl (C=O) groups is 1. The Morgan fingerprint density at radius 2 is 1.89 bits per heavy atom. The molecule has 8 nitrogen and oxygen atoms in total. The summed E-state index contributed by atoms with van der Waals surface area (Å²) in [7, 11) is -1.05. The molecule has 5 N–H and O–H groups in total. The molecule has 0 saturated heterocycles. The van der Waals surface area contributed by atoms with Crippen molar-refractivity contribution in [2.45, 2.75) is 18.9 Å². The zero-order valence-corrected chi connectivity index (χ0v) is 11.1. The molecule has 0 heterocycles. The van der Waals surface area contributed by atoms with Crippen LogP contribution in [0.1, 0.15) is 12.8 Å². The normalized spacial score (nSPS) is 10.9. The number of hydrogen-bond acceptors (Lipinski definition) is 5. The summed E-state index contributed by atoms with van der Waals surface area (Å²) >= 11 is 0. The number of hydrogen-bond donors (Lipinski definition) is 3. The third-order valence-corrected chi connectivity index (χ3v) is 2.42. The molecule has 0 aliphatic rings.